The molecule has 8 unspecified atom stereocenters. The van der Waals surface area contributed by atoms with Crippen LogP contribution in [0.5, 0.6) is 0 Å². The lowest BCUT2D eigenvalue weighted by molar-refractivity contribution is -0.168. The molecule has 0 bridgehead atoms. The van der Waals surface area contributed by atoms with Gasteiger partial charge in [0, 0.05) is 13.0 Å². The van der Waals surface area contributed by atoms with Crippen LogP contribution in [0.15, 0.2) is 11.8 Å². The van der Waals surface area contributed by atoms with Gasteiger partial charge in [0.25, 0.3) is 0 Å². The average Bonchev–Trinajstić information content (AvgIpc) is 3.20. The van der Waals surface area contributed by atoms with Gasteiger partial charge in [0.1, 0.15) is 0 Å². The summed E-state index contributed by atoms with van der Waals surface area (Å²) in [6, 6.07) is 0. The summed E-state index contributed by atoms with van der Waals surface area (Å²) >= 11 is 0. The van der Waals surface area contributed by atoms with Crippen LogP contribution in [0.3, 0.4) is 0 Å². The Labute approximate surface area is 223 Å². The molecule has 0 saturated heterocycles. The standard InChI is InChI=1S/C29H50NO6P/c1-19(13-15-30-27(33)12-7-20(17-31)18-37(34,35)36)23-10-11-24-22-9-8-21-6-4-5-14-28(21,2)25(22)16-26(32)29(23,24)3/h17,19,21-26,31-32H,4-16,18H2,1-3H3,(H,30,33)(H2,34,35,36)/b20-17+/t19-,21?,22?,23?,24?,25?,26?,28?,29?/m1/s1. The summed E-state index contributed by atoms with van der Waals surface area (Å²) in [4.78, 5) is 30.5. The molecule has 4 rings (SSSR count). The number of carbonyl (C=O) groups is 1. The van der Waals surface area contributed by atoms with Crippen molar-refractivity contribution in [3.8, 4) is 0 Å². The number of allylic oxidation sites excluding steroid dienone is 1. The Kier molecular flexibility index (Phi) is 8.90. The number of rotatable bonds is 9. The van der Waals surface area contributed by atoms with E-state index in [0.29, 0.717) is 41.9 Å². The minimum absolute atomic E-state index is 0.0498. The van der Waals surface area contributed by atoms with Crippen LogP contribution in [-0.2, 0) is 9.36 Å². The monoisotopic (exact) mass is 539 g/mol. The van der Waals surface area contributed by atoms with Crippen LogP contribution in [0.1, 0.15) is 97.8 Å². The zero-order valence-electron chi connectivity index (χ0n) is 23.1. The summed E-state index contributed by atoms with van der Waals surface area (Å²) in [5.41, 5.74) is 0.544. The number of carbonyl (C=O) groups excluding carboxylic acids is 1. The molecule has 0 aromatic rings. The average molecular weight is 540 g/mol. The third-order valence-corrected chi connectivity index (χ3v) is 12.5. The molecule has 37 heavy (non-hydrogen) atoms. The summed E-state index contributed by atoms with van der Waals surface area (Å²) in [6.45, 7) is 7.74. The van der Waals surface area contributed by atoms with Gasteiger partial charge >= 0.3 is 7.60 Å². The van der Waals surface area contributed by atoms with E-state index in [0.717, 1.165) is 31.1 Å². The molecule has 7 nitrogen and oxygen atoms in total. The van der Waals surface area contributed by atoms with Gasteiger partial charge in [0.15, 0.2) is 0 Å². The predicted molar refractivity (Wildman–Crippen MR) is 145 cm³/mol. The third-order valence-electron chi connectivity index (χ3n) is 11.6. The largest absolute Gasteiger partial charge is 0.516 e. The van der Waals surface area contributed by atoms with E-state index in [1.54, 1.807) is 0 Å². The quantitative estimate of drug-likeness (QED) is 0.193. The lowest BCUT2D eigenvalue weighted by atomic mass is 9.44. The fourth-order valence-electron chi connectivity index (χ4n) is 9.67. The zero-order valence-corrected chi connectivity index (χ0v) is 24.0. The molecule has 1 amide bonds. The number of aliphatic hydroxyl groups is 2. The van der Waals surface area contributed by atoms with E-state index >= 15 is 0 Å². The molecule has 4 fully saturated rings. The fraction of sp³-hybridized carbons (Fsp3) is 0.897. The van der Waals surface area contributed by atoms with Crippen molar-refractivity contribution in [2.45, 2.75) is 104 Å². The molecular formula is C29H50NO6P. The molecule has 0 aromatic carbocycles. The molecule has 0 radical (unpaired) electrons. The van der Waals surface area contributed by atoms with Crippen LogP contribution < -0.4 is 5.32 Å². The first kappa shape index (κ1) is 29.1. The van der Waals surface area contributed by atoms with Crippen LogP contribution in [0.4, 0.5) is 0 Å². The first-order valence-electron chi connectivity index (χ1n) is 14.7. The van der Waals surface area contributed by atoms with Gasteiger partial charge in [-0.3, -0.25) is 9.36 Å². The van der Waals surface area contributed by atoms with Gasteiger partial charge in [0.05, 0.1) is 18.5 Å². The SMILES string of the molecule is C[C@H](CCNC(=O)CC/C(=C\O)CP(=O)(O)O)C1CCC2C3CCC4CCCCC4(C)C3CC(O)C21C. The second-order valence-corrected chi connectivity index (χ2v) is 15.1. The van der Waals surface area contributed by atoms with Gasteiger partial charge in [-0.2, -0.15) is 0 Å². The van der Waals surface area contributed by atoms with Gasteiger partial charge in [-0.15, -0.1) is 0 Å². The first-order valence-corrected chi connectivity index (χ1v) is 16.5. The van der Waals surface area contributed by atoms with E-state index in [1.807, 2.05) is 0 Å². The number of hydrogen-bond acceptors (Lipinski definition) is 4. The molecule has 0 spiro atoms. The summed E-state index contributed by atoms with van der Waals surface area (Å²) in [6.07, 6.45) is 12.5. The van der Waals surface area contributed by atoms with Crippen molar-refractivity contribution in [3.05, 3.63) is 11.8 Å². The van der Waals surface area contributed by atoms with Crippen LogP contribution in [0.2, 0.25) is 0 Å². The highest BCUT2D eigenvalue weighted by molar-refractivity contribution is 7.52. The van der Waals surface area contributed by atoms with Crippen molar-refractivity contribution < 1.29 is 29.4 Å². The molecule has 0 heterocycles. The third kappa shape index (κ3) is 5.85. The van der Waals surface area contributed by atoms with Crippen LogP contribution in [0, 0.1) is 46.3 Å². The topological polar surface area (TPSA) is 127 Å². The zero-order chi connectivity index (χ0) is 27.0. The summed E-state index contributed by atoms with van der Waals surface area (Å²) in [5, 5.41) is 23.8. The first-order chi connectivity index (χ1) is 17.4. The van der Waals surface area contributed by atoms with E-state index in [-0.39, 0.29) is 35.8 Å². The molecule has 0 aliphatic heterocycles. The van der Waals surface area contributed by atoms with Crippen molar-refractivity contribution in [1.29, 1.82) is 0 Å². The van der Waals surface area contributed by atoms with Gasteiger partial charge in [-0.25, -0.2) is 0 Å². The summed E-state index contributed by atoms with van der Waals surface area (Å²) < 4.78 is 11.1. The van der Waals surface area contributed by atoms with Gasteiger partial charge in [0.2, 0.25) is 5.91 Å². The van der Waals surface area contributed by atoms with Crippen molar-refractivity contribution >= 4 is 13.5 Å². The number of nitrogens with one attached hydrogen (secondary N) is 1. The Bertz CT molecular complexity index is 903. The smallest absolute Gasteiger partial charge is 0.329 e. The molecule has 4 aliphatic carbocycles. The summed E-state index contributed by atoms with van der Waals surface area (Å²) in [5.74, 6) is 3.52. The van der Waals surface area contributed by atoms with Crippen LogP contribution >= 0.6 is 7.60 Å². The normalized spacial score (nSPS) is 40.9. The Morgan fingerprint density at radius 2 is 1.84 bits per heavy atom. The second-order valence-electron chi connectivity index (χ2n) is 13.4. The number of hydrogen-bond donors (Lipinski definition) is 5. The fourth-order valence-corrected chi connectivity index (χ4v) is 10.4. The maximum atomic E-state index is 12.3. The minimum atomic E-state index is -4.27. The molecule has 4 saturated carbocycles. The van der Waals surface area contributed by atoms with Crippen molar-refractivity contribution in [3.63, 3.8) is 0 Å². The Morgan fingerprint density at radius 3 is 2.54 bits per heavy atom. The van der Waals surface area contributed by atoms with Crippen molar-refractivity contribution in [2.75, 3.05) is 12.7 Å². The number of fused-ring (bicyclic) bond motifs is 5. The van der Waals surface area contributed by atoms with E-state index in [1.165, 1.54) is 44.9 Å². The van der Waals surface area contributed by atoms with E-state index in [2.05, 4.69) is 26.1 Å². The molecule has 212 valence electrons. The number of amides is 1. The molecule has 8 heteroatoms. The maximum Gasteiger partial charge on any atom is 0.329 e. The molecule has 0 aromatic heterocycles. The molecule has 5 N–H and O–H groups in total. The molecule has 9 atom stereocenters. The van der Waals surface area contributed by atoms with Crippen LogP contribution in [-0.4, -0.2) is 44.7 Å². The van der Waals surface area contributed by atoms with E-state index in [9.17, 15) is 19.6 Å². The number of aliphatic hydroxyl groups excluding tert-OH is 2. The summed E-state index contributed by atoms with van der Waals surface area (Å²) in [7, 11) is -4.27. The van der Waals surface area contributed by atoms with Crippen LogP contribution in [0.25, 0.3) is 0 Å². The van der Waals surface area contributed by atoms with Crippen molar-refractivity contribution in [2.24, 2.45) is 46.3 Å². The highest BCUT2D eigenvalue weighted by Gasteiger charge is 2.63. The second kappa shape index (κ2) is 11.3. The highest BCUT2D eigenvalue weighted by atomic mass is 31.2. The van der Waals surface area contributed by atoms with E-state index in [4.69, 9.17) is 9.79 Å². The Morgan fingerprint density at radius 1 is 1.08 bits per heavy atom. The Hall–Kier alpha value is -0.880. The Balaban J connectivity index is 1.31. The van der Waals surface area contributed by atoms with Gasteiger partial charge < -0.3 is 25.3 Å². The highest BCUT2D eigenvalue weighted by Crippen LogP contribution is 2.68. The lowest BCUT2D eigenvalue weighted by Crippen LogP contribution is -2.58. The van der Waals surface area contributed by atoms with E-state index < -0.39 is 13.8 Å². The van der Waals surface area contributed by atoms with Crippen molar-refractivity contribution in [1.82, 2.24) is 5.32 Å². The predicted octanol–water partition coefficient (Wildman–Crippen LogP) is 5.55. The lowest BCUT2D eigenvalue weighted by Gasteiger charge is -2.62. The maximum absolute atomic E-state index is 12.3. The molecular weight excluding hydrogens is 489 g/mol. The van der Waals surface area contributed by atoms with Gasteiger partial charge in [-0.1, -0.05) is 33.6 Å². The molecule has 4 aliphatic rings. The minimum Gasteiger partial charge on any atom is -0.516 e. The van der Waals surface area contributed by atoms with Gasteiger partial charge in [-0.05, 0) is 110 Å².